The lowest BCUT2D eigenvalue weighted by Gasteiger charge is -2.41. The van der Waals surface area contributed by atoms with E-state index in [2.05, 4.69) is 49.1 Å². The summed E-state index contributed by atoms with van der Waals surface area (Å²) in [6.07, 6.45) is 1.12. The minimum atomic E-state index is 0.435. The van der Waals surface area contributed by atoms with Crippen LogP contribution >= 0.6 is 0 Å². The van der Waals surface area contributed by atoms with Crippen LogP contribution in [0.2, 0.25) is 0 Å². The van der Waals surface area contributed by atoms with Crippen molar-refractivity contribution >= 4 is 0 Å². The van der Waals surface area contributed by atoms with E-state index in [1.165, 1.54) is 5.56 Å². The first-order valence-electron chi connectivity index (χ1n) is 6.95. The van der Waals surface area contributed by atoms with Crippen LogP contribution in [-0.4, -0.2) is 30.6 Å². The van der Waals surface area contributed by atoms with Crippen molar-refractivity contribution in [3.8, 4) is 0 Å². The monoisotopic (exact) mass is 248 g/mol. The Morgan fingerprint density at radius 1 is 1.33 bits per heavy atom. The molecule has 0 saturated carbocycles. The Labute approximate surface area is 110 Å². The van der Waals surface area contributed by atoms with Crippen molar-refractivity contribution in [3.05, 3.63) is 41.1 Å². The molecule has 1 aromatic carbocycles. The highest BCUT2D eigenvalue weighted by Crippen LogP contribution is 2.15. The molecular formula is C15H24N2O. The predicted octanol–water partition coefficient (Wildman–Crippen LogP) is 1.30. The highest BCUT2D eigenvalue weighted by molar-refractivity contribution is 5.14. The van der Waals surface area contributed by atoms with Crippen molar-refractivity contribution in [2.24, 2.45) is 5.92 Å². The molecule has 1 saturated heterocycles. The molecule has 2 unspecified atom stereocenters. The summed E-state index contributed by atoms with van der Waals surface area (Å²) in [5, 5.41) is 12.1. The van der Waals surface area contributed by atoms with E-state index in [1.54, 1.807) is 0 Å². The zero-order chi connectivity index (χ0) is 13.0. The minimum Gasteiger partial charge on any atom is -0.634 e. The molecule has 2 atom stereocenters. The van der Waals surface area contributed by atoms with E-state index in [9.17, 15) is 5.21 Å². The van der Waals surface area contributed by atoms with Crippen molar-refractivity contribution in [2.45, 2.75) is 32.9 Å². The second-order valence-corrected chi connectivity index (χ2v) is 5.73. The largest absolute Gasteiger partial charge is 0.634 e. The smallest absolute Gasteiger partial charge is 0.0926 e. The number of rotatable bonds is 4. The van der Waals surface area contributed by atoms with Crippen LogP contribution in [0.15, 0.2) is 30.3 Å². The third-order valence-corrected chi connectivity index (χ3v) is 3.63. The van der Waals surface area contributed by atoms with E-state index in [0.29, 0.717) is 17.0 Å². The molecule has 0 aromatic heterocycles. The van der Waals surface area contributed by atoms with Gasteiger partial charge in [-0.25, -0.2) is 0 Å². The molecule has 3 nitrogen and oxygen atoms in total. The van der Waals surface area contributed by atoms with Gasteiger partial charge in [0.25, 0.3) is 0 Å². The van der Waals surface area contributed by atoms with Crippen LogP contribution in [0.5, 0.6) is 0 Å². The molecule has 0 aliphatic carbocycles. The summed E-state index contributed by atoms with van der Waals surface area (Å²) in [4.78, 5) is 2.48. The third-order valence-electron chi connectivity index (χ3n) is 3.63. The Hall–Kier alpha value is -0.900. The molecule has 1 aliphatic rings. The summed E-state index contributed by atoms with van der Waals surface area (Å²) in [6.45, 7) is 7.84. The fourth-order valence-corrected chi connectivity index (χ4v) is 2.75. The van der Waals surface area contributed by atoms with Crippen LogP contribution in [0, 0.1) is 11.1 Å². The summed E-state index contributed by atoms with van der Waals surface area (Å²) in [6, 6.07) is 11.0. The third kappa shape index (κ3) is 3.80. The van der Waals surface area contributed by atoms with E-state index < -0.39 is 0 Å². The van der Waals surface area contributed by atoms with Crippen molar-refractivity contribution in [1.29, 1.82) is 0 Å². The number of piperazine rings is 1. The Balaban J connectivity index is 2.00. The quantitative estimate of drug-likeness (QED) is 0.814. The molecule has 1 aromatic rings. The normalized spacial score (nSPS) is 25.6. The topological polar surface area (TPSA) is 30.7 Å². The van der Waals surface area contributed by atoms with Crippen molar-refractivity contribution < 1.29 is 5.06 Å². The first kappa shape index (κ1) is 13.5. The van der Waals surface area contributed by atoms with Crippen LogP contribution in [0.4, 0.5) is 0 Å². The maximum absolute atomic E-state index is 11.6. The minimum absolute atomic E-state index is 0.435. The van der Waals surface area contributed by atoms with Gasteiger partial charge in [-0.3, -0.25) is 4.90 Å². The first-order valence-corrected chi connectivity index (χ1v) is 6.95. The molecule has 0 amide bonds. The van der Waals surface area contributed by atoms with Crippen LogP contribution in [0.3, 0.4) is 0 Å². The molecule has 0 spiro atoms. The van der Waals surface area contributed by atoms with Crippen LogP contribution in [0.1, 0.15) is 25.8 Å². The zero-order valence-electron chi connectivity index (χ0n) is 11.4. The van der Waals surface area contributed by atoms with E-state index in [4.69, 9.17) is 0 Å². The van der Waals surface area contributed by atoms with E-state index in [-0.39, 0.29) is 0 Å². The highest BCUT2D eigenvalue weighted by atomic mass is 16.5. The Morgan fingerprint density at radius 3 is 2.72 bits per heavy atom. The van der Waals surface area contributed by atoms with E-state index in [1.807, 2.05) is 0 Å². The standard InChI is InChI=1S/C15H24N2O/c1-13(2)10-15-12-17(18)9-8-16(15)11-14-6-4-3-5-7-14/h3-7,13,15,17H,8-12H2,1-2H3. The average Bonchev–Trinajstić information content (AvgIpc) is 2.33. The molecule has 2 rings (SSSR count). The number of nitrogens with one attached hydrogen (secondary N) is 1. The SMILES string of the molecule is CC(C)CC1C[NH+]([O-])CCN1Cc1ccccc1. The number of nitrogens with zero attached hydrogens (tertiary/aromatic N) is 1. The van der Waals surface area contributed by atoms with Crippen molar-refractivity contribution in [3.63, 3.8) is 0 Å². The number of hydroxylamine groups is 2. The Morgan fingerprint density at radius 2 is 2.06 bits per heavy atom. The summed E-state index contributed by atoms with van der Waals surface area (Å²) >= 11 is 0. The van der Waals surface area contributed by atoms with Gasteiger partial charge < -0.3 is 10.3 Å². The fourth-order valence-electron chi connectivity index (χ4n) is 2.75. The molecule has 1 fully saturated rings. The predicted molar refractivity (Wildman–Crippen MR) is 74.2 cm³/mol. The summed E-state index contributed by atoms with van der Waals surface area (Å²) in [5.41, 5.74) is 1.35. The molecular weight excluding hydrogens is 224 g/mol. The number of hydrogen-bond acceptors (Lipinski definition) is 2. The fraction of sp³-hybridized carbons (Fsp3) is 0.600. The van der Waals surface area contributed by atoms with Gasteiger partial charge in [-0.05, 0) is 17.9 Å². The molecule has 0 bridgehead atoms. The molecule has 3 heteroatoms. The molecule has 1 heterocycles. The van der Waals surface area contributed by atoms with Gasteiger partial charge in [0.1, 0.15) is 0 Å². The summed E-state index contributed by atoms with van der Waals surface area (Å²) in [5.74, 6) is 0.652. The maximum atomic E-state index is 11.6. The van der Waals surface area contributed by atoms with Gasteiger partial charge in [0.05, 0.1) is 19.1 Å². The maximum Gasteiger partial charge on any atom is 0.0926 e. The molecule has 100 valence electrons. The van der Waals surface area contributed by atoms with Gasteiger partial charge in [-0.2, -0.15) is 0 Å². The van der Waals surface area contributed by atoms with Gasteiger partial charge in [0.15, 0.2) is 0 Å². The number of hydrogen-bond donors (Lipinski definition) is 1. The zero-order valence-corrected chi connectivity index (χ0v) is 11.4. The average molecular weight is 248 g/mol. The van der Waals surface area contributed by atoms with Crippen molar-refractivity contribution in [1.82, 2.24) is 4.90 Å². The van der Waals surface area contributed by atoms with Gasteiger partial charge in [0, 0.05) is 13.1 Å². The number of quaternary nitrogens is 1. The second-order valence-electron chi connectivity index (χ2n) is 5.73. The Kier molecular flexibility index (Phi) is 4.75. The van der Waals surface area contributed by atoms with Crippen LogP contribution in [-0.2, 0) is 6.54 Å². The summed E-state index contributed by atoms with van der Waals surface area (Å²) in [7, 11) is 0. The van der Waals surface area contributed by atoms with Gasteiger partial charge in [-0.15, -0.1) is 0 Å². The van der Waals surface area contributed by atoms with E-state index >= 15 is 0 Å². The molecule has 18 heavy (non-hydrogen) atoms. The van der Waals surface area contributed by atoms with Gasteiger partial charge in [0.2, 0.25) is 0 Å². The highest BCUT2D eigenvalue weighted by Gasteiger charge is 2.27. The summed E-state index contributed by atoms with van der Waals surface area (Å²) < 4.78 is 0. The molecule has 0 radical (unpaired) electrons. The van der Waals surface area contributed by atoms with Crippen LogP contribution in [0.25, 0.3) is 0 Å². The molecule has 1 N–H and O–H groups in total. The van der Waals surface area contributed by atoms with E-state index in [0.717, 1.165) is 32.6 Å². The van der Waals surface area contributed by atoms with Crippen molar-refractivity contribution in [2.75, 3.05) is 19.6 Å². The van der Waals surface area contributed by atoms with Gasteiger partial charge >= 0.3 is 0 Å². The lowest BCUT2D eigenvalue weighted by Crippen LogP contribution is -3.11. The molecule has 1 aliphatic heterocycles. The lowest BCUT2D eigenvalue weighted by atomic mass is 10.00. The second kappa shape index (κ2) is 6.32. The number of benzene rings is 1. The lowest BCUT2D eigenvalue weighted by molar-refractivity contribution is -0.857. The Bertz CT molecular complexity index is 351. The van der Waals surface area contributed by atoms with Gasteiger partial charge in [-0.1, -0.05) is 44.2 Å². The van der Waals surface area contributed by atoms with Crippen LogP contribution < -0.4 is 5.06 Å². The first-order chi connectivity index (χ1) is 8.65.